The molecule has 7 heteroatoms. The van der Waals surface area contributed by atoms with E-state index in [1.807, 2.05) is 43.3 Å². The van der Waals surface area contributed by atoms with Gasteiger partial charge < -0.3 is 14.7 Å². The number of nitrogens with zero attached hydrogens (tertiary/aromatic N) is 3. The molecule has 4 aromatic rings. The third-order valence-corrected chi connectivity index (χ3v) is 4.81. The van der Waals surface area contributed by atoms with E-state index >= 15 is 0 Å². The Morgan fingerprint density at radius 2 is 1.74 bits per heavy atom. The Bertz CT molecular complexity index is 1180. The average molecular weight is 416 g/mol. The molecule has 0 radical (unpaired) electrons. The summed E-state index contributed by atoms with van der Waals surface area (Å²) in [5, 5.41) is 6.87. The number of nitrogens with one attached hydrogen (secondary N) is 1. The van der Waals surface area contributed by atoms with Gasteiger partial charge in [-0.3, -0.25) is 4.79 Å². The molecule has 4 rings (SSSR count). The van der Waals surface area contributed by atoms with Crippen LogP contribution in [-0.4, -0.2) is 30.1 Å². The van der Waals surface area contributed by atoms with Crippen molar-refractivity contribution in [3.63, 3.8) is 0 Å². The van der Waals surface area contributed by atoms with Gasteiger partial charge in [-0.25, -0.2) is 4.39 Å². The van der Waals surface area contributed by atoms with Crippen molar-refractivity contribution >= 4 is 11.6 Å². The van der Waals surface area contributed by atoms with Crippen LogP contribution in [0.1, 0.15) is 15.9 Å². The number of aromatic nitrogens is 2. The van der Waals surface area contributed by atoms with Crippen molar-refractivity contribution in [2.75, 3.05) is 19.0 Å². The molecule has 1 heterocycles. The molecule has 0 aliphatic carbocycles. The summed E-state index contributed by atoms with van der Waals surface area (Å²) >= 11 is 0. The Balaban J connectivity index is 1.45. The van der Waals surface area contributed by atoms with Crippen molar-refractivity contribution in [2.24, 2.45) is 0 Å². The Hall–Kier alpha value is -4.00. The normalized spacial score (nSPS) is 10.7. The number of carbonyl (C=O) groups is 1. The summed E-state index contributed by atoms with van der Waals surface area (Å²) in [6, 6.07) is 20.8. The van der Waals surface area contributed by atoms with E-state index in [-0.39, 0.29) is 17.6 Å². The highest BCUT2D eigenvalue weighted by Crippen LogP contribution is 2.23. The van der Waals surface area contributed by atoms with Crippen LogP contribution in [0.3, 0.4) is 0 Å². The number of amides is 1. The molecule has 0 unspecified atom stereocenters. The van der Waals surface area contributed by atoms with Gasteiger partial charge in [0, 0.05) is 43.0 Å². The van der Waals surface area contributed by atoms with Crippen LogP contribution < -0.4 is 10.2 Å². The average Bonchev–Trinajstić information content (AvgIpc) is 3.28. The molecule has 0 atom stereocenters. The lowest BCUT2D eigenvalue weighted by molar-refractivity contribution is 0.0951. The summed E-state index contributed by atoms with van der Waals surface area (Å²) < 4.78 is 18.4. The molecule has 156 valence electrons. The first-order valence-corrected chi connectivity index (χ1v) is 9.74. The summed E-state index contributed by atoms with van der Waals surface area (Å²) in [4.78, 5) is 19.0. The van der Waals surface area contributed by atoms with Crippen molar-refractivity contribution < 1.29 is 13.7 Å². The van der Waals surface area contributed by atoms with Crippen LogP contribution in [0.15, 0.2) is 77.3 Å². The van der Waals surface area contributed by atoms with Gasteiger partial charge in [0.15, 0.2) is 0 Å². The molecule has 3 aromatic carbocycles. The van der Waals surface area contributed by atoms with Gasteiger partial charge in [0.25, 0.3) is 11.8 Å². The zero-order valence-electron chi connectivity index (χ0n) is 17.2. The van der Waals surface area contributed by atoms with Crippen LogP contribution in [0.2, 0.25) is 0 Å². The van der Waals surface area contributed by atoms with Gasteiger partial charge in [0.05, 0.1) is 0 Å². The number of benzene rings is 3. The molecule has 0 saturated heterocycles. The fraction of sp³-hybridized carbons (Fsp3) is 0.125. The minimum atomic E-state index is -0.333. The van der Waals surface area contributed by atoms with E-state index in [0.717, 1.165) is 11.3 Å². The topological polar surface area (TPSA) is 71.3 Å². The minimum absolute atomic E-state index is 0.197. The number of halogens is 1. The number of anilines is 1. The molecule has 0 aliphatic heterocycles. The van der Waals surface area contributed by atoms with Crippen LogP contribution in [0, 0.1) is 5.82 Å². The monoisotopic (exact) mass is 416 g/mol. The highest BCUT2D eigenvalue weighted by molar-refractivity contribution is 5.95. The van der Waals surface area contributed by atoms with E-state index in [9.17, 15) is 9.18 Å². The molecule has 0 saturated carbocycles. The SMILES string of the molecule is CN(C)c1ccc(CNC(=O)c2cccc(-c3nc(-c4ccc(F)cc4)no3)c2)cc1. The third-order valence-electron chi connectivity index (χ3n) is 4.81. The Morgan fingerprint density at radius 1 is 1.00 bits per heavy atom. The Kier molecular flexibility index (Phi) is 5.75. The summed E-state index contributed by atoms with van der Waals surface area (Å²) in [7, 11) is 3.96. The molecule has 0 spiro atoms. The van der Waals surface area contributed by atoms with Gasteiger partial charge in [-0.1, -0.05) is 23.4 Å². The van der Waals surface area contributed by atoms with Gasteiger partial charge in [-0.15, -0.1) is 0 Å². The van der Waals surface area contributed by atoms with Crippen LogP contribution in [-0.2, 0) is 6.54 Å². The van der Waals surface area contributed by atoms with Crippen molar-refractivity contribution in [3.8, 4) is 22.8 Å². The van der Waals surface area contributed by atoms with E-state index in [4.69, 9.17) is 4.52 Å². The zero-order valence-corrected chi connectivity index (χ0v) is 17.2. The minimum Gasteiger partial charge on any atom is -0.378 e. The van der Waals surface area contributed by atoms with Gasteiger partial charge in [-0.05, 0) is 60.2 Å². The maximum Gasteiger partial charge on any atom is 0.258 e. The summed E-state index contributed by atoms with van der Waals surface area (Å²) in [6.45, 7) is 0.423. The Morgan fingerprint density at radius 3 is 2.45 bits per heavy atom. The number of rotatable bonds is 6. The van der Waals surface area contributed by atoms with E-state index in [2.05, 4.69) is 15.5 Å². The predicted octanol–water partition coefficient (Wildman–Crippen LogP) is 4.54. The molecule has 1 aromatic heterocycles. The van der Waals surface area contributed by atoms with Crippen LogP contribution >= 0.6 is 0 Å². The first-order chi connectivity index (χ1) is 15.0. The zero-order chi connectivity index (χ0) is 21.8. The molecule has 1 N–H and O–H groups in total. The molecule has 1 amide bonds. The summed E-state index contributed by atoms with van der Waals surface area (Å²) in [6.07, 6.45) is 0. The van der Waals surface area contributed by atoms with Gasteiger partial charge in [0.1, 0.15) is 5.82 Å². The molecule has 0 bridgehead atoms. The number of carbonyl (C=O) groups excluding carboxylic acids is 1. The second kappa shape index (κ2) is 8.79. The third kappa shape index (κ3) is 4.78. The fourth-order valence-electron chi connectivity index (χ4n) is 3.05. The first-order valence-electron chi connectivity index (χ1n) is 9.74. The smallest absolute Gasteiger partial charge is 0.258 e. The van der Waals surface area contributed by atoms with Crippen molar-refractivity contribution in [3.05, 3.63) is 89.7 Å². The lowest BCUT2D eigenvalue weighted by atomic mass is 10.1. The quantitative estimate of drug-likeness (QED) is 0.500. The van der Waals surface area contributed by atoms with E-state index < -0.39 is 0 Å². The van der Waals surface area contributed by atoms with E-state index in [1.165, 1.54) is 12.1 Å². The second-order valence-corrected chi connectivity index (χ2v) is 7.25. The fourth-order valence-corrected chi connectivity index (χ4v) is 3.05. The molecule has 0 aliphatic rings. The standard InChI is InChI=1S/C24H21FN4O2/c1-29(2)21-12-6-16(7-13-21)15-26-23(30)18-4-3-5-19(14-18)24-27-22(28-31-24)17-8-10-20(25)11-9-17/h3-14H,15H2,1-2H3,(H,26,30). The first kappa shape index (κ1) is 20.3. The van der Waals surface area contributed by atoms with E-state index in [1.54, 1.807) is 36.4 Å². The summed E-state index contributed by atoms with van der Waals surface area (Å²) in [5.41, 5.74) is 3.87. The lowest BCUT2D eigenvalue weighted by Crippen LogP contribution is -2.22. The molecule has 31 heavy (non-hydrogen) atoms. The second-order valence-electron chi connectivity index (χ2n) is 7.25. The van der Waals surface area contributed by atoms with Crippen molar-refractivity contribution in [1.29, 1.82) is 0 Å². The predicted molar refractivity (Wildman–Crippen MR) is 117 cm³/mol. The van der Waals surface area contributed by atoms with Crippen molar-refractivity contribution in [1.82, 2.24) is 15.5 Å². The number of hydrogen-bond acceptors (Lipinski definition) is 5. The van der Waals surface area contributed by atoms with Crippen LogP contribution in [0.4, 0.5) is 10.1 Å². The maximum atomic E-state index is 13.1. The maximum absolute atomic E-state index is 13.1. The van der Waals surface area contributed by atoms with Gasteiger partial charge >= 0.3 is 0 Å². The van der Waals surface area contributed by atoms with Gasteiger partial charge in [-0.2, -0.15) is 4.98 Å². The highest BCUT2D eigenvalue weighted by Gasteiger charge is 2.13. The van der Waals surface area contributed by atoms with Crippen LogP contribution in [0.25, 0.3) is 22.8 Å². The number of hydrogen-bond donors (Lipinski definition) is 1. The van der Waals surface area contributed by atoms with Crippen molar-refractivity contribution in [2.45, 2.75) is 6.54 Å². The molecule has 6 nitrogen and oxygen atoms in total. The summed E-state index contributed by atoms with van der Waals surface area (Å²) in [5.74, 6) is 0.107. The Labute approximate surface area is 179 Å². The van der Waals surface area contributed by atoms with E-state index in [0.29, 0.717) is 29.1 Å². The van der Waals surface area contributed by atoms with Gasteiger partial charge in [0.2, 0.25) is 5.82 Å². The molecular formula is C24H21FN4O2. The van der Waals surface area contributed by atoms with Crippen LogP contribution in [0.5, 0.6) is 0 Å². The molecule has 0 fully saturated rings. The lowest BCUT2D eigenvalue weighted by Gasteiger charge is -2.13. The largest absolute Gasteiger partial charge is 0.378 e. The highest BCUT2D eigenvalue weighted by atomic mass is 19.1. The molecular weight excluding hydrogens is 395 g/mol.